The molecule has 0 atom stereocenters. The lowest BCUT2D eigenvalue weighted by molar-refractivity contribution is 0.288. The minimum absolute atomic E-state index is 0.0360. The molecule has 1 aromatic rings. The maximum absolute atomic E-state index is 13.4. The molecule has 0 aliphatic rings. The van der Waals surface area contributed by atoms with Crippen molar-refractivity contribution >= 4 is 11.6 Å². The third kappa shape index (κ3) is 2.59. The molecule has 0 aromatic heterocycles. The highest BCUT2D eigenvalue weighted by molar-refractivity contribution is 6.30. The van der Waals surface area contributed by atoms with Gasteiger partial charge in [-0.1, -0.05) is 11.6 Å². The van der Waals surface area contributed by atoms with Gasteiger partial charge in [0.1, 0.15) is 11.6 Å². The Kier molecular flexibility index (Phi) is 4.17. The number of hydrogen-bond donors (Lipinski definition) is 1. The fourth-order valence-corrected chi connectivity index (χ4v) is 1.42. The van der Waals surface area contributed by atoms with Gasteiger partial charge in [0.25, 0.3) is 0 Å². The molecule has 4 heteroatoms. The van der Waals surface area contributed by atoms with Gasteiger partial charge in [0.05, 0.1) is 12.1 Å². The predicted octanol–water partition coefficient (Wildman–Crippen LogP) is 2.41. The summed E-state index contributed by atoms with van der Waals surface area (Å²) < 4.78 is 18.3. The van der Waals surface area contributed by atoms with Crippen LogP contribution in [-0.2, 0) is 6.42 Å². The average molecular weight is 219 g/mol. The molecule has 0 amide bonds. The van der Waals surface area contributed by atoms with Gasteiger partial charge in [0.2, 0.25) is 0 Å². The van der Waals surface area contributed by atoms with E-state index < -0.39 is 5.82 Å². The molecule has 0 fully saturated rings. The Balaban J connectivity index is 2.95. The summed E-state index contributed by atoms with van der Waals surface area (Å²) in [5.74, 6) is 0.102. The summed E-state index contributed by atoms with van der Waals surface area (Å²) in [6.45, 7) is 0.0360. The van der Waals surface area contributed by atoms with Crippen molar-refractivity contribution in [3.05, 3.63) is 28.5 Å². The Morgan fingerprint density at radius 1 is 1.50 bits per heavy atom. The molecule has 0 saturated carbocycles. The highest BCUT2D eigenvalue weighted by atomic mass is 35.5. The van der Waals surface area contributed by atoms with Crippen LogP contribution in [0.15, 0.2) is 12.1 Å². The quantitative estimate of drug-likeness (QED) is 0.841. The number of benzene rings is 1. The Morgan fingerprint density at radius 2 is 2.21 bits per heavy atom. The van der Waals surface area contributed by atoms with Crippen molar-refractivity contribution < 1.29 is 14.2 Å². The number of ether oxygens (including phenoxy) is 1. The first-order valence-corrected chi connectivity index (χ1v) is 4.69. The van der Waals surface area contributed by atoms with E-state index >= 15 is 0 Å². The molecule has 1 rings (SSSR count). The molecule has 1 N–H and O–H groups in total. The van der Waals surface area contributed by atoms with Gasteiger partial charge in [-0.2, -0.15) is 0 Å². The minimum Gasteiger partial charge on any atom is -0.497 e. The summed E-state index contributed by atoms with van der Waals surface area (Å²) in [4.78, 5) is 0. The van der Waals surface area contributed by atoms with Crippen molar-refractivity contribution in [1.82, 2.24) is 0 Å². The Labute approximate surface area is 87.3 Å². The van der Waals surface area contributed by atoms with Crippen LogP contribution in [0.2, 0.25) is 5.02 Å². The van der Waals surface area contributed by atoms with Crippen molar-refractivity contribution in [3.8, 4) is 5.75 Å². The monoisotopic (exact) mass is 218 g/mol. The lowest BCUT2D eigenvalue weighted by atomic mass is 10.1. The number of hydrogen-bond acceptors (Lipinski definition) is 2. The minimum atomic E-state index is -0.430. The van der Waals surface area contributed by atoms with E-state index in [1.807, 2.05) is 0 Å². The summed E-state index contributed by atoms with van der Waals surface area (Å²) in [6.07, 6.45) is 0.972. The number of rotatable bonds is 4. The van der Waals surface area contributed by atoms with Gasteiger partial charge >= 0.3 is 0 Å². The normalized spacial score (nSPS) is 10.3. The summed E-state index contributed by atoms with van der Waals surface area (Å²) in [5.41, 5.74) is 0.475. The SMILES string of the molecule is COc1cc(Cl)c(F)c(CCCO)c1. The average Bonchev–Trinajstić information content (AvgIpc) is 2.20. The first-order chi connectivity index (χ1) is 6.69. The molecule has 0 saturated heterocycles. The van der Waals surface area contributed by atoms with Crippen molar-refractivity contribution in [3.63, 3.8) is 0 Å². The first kappa shape index (κ1) is 11.3. The molecule has 0 heterocycles. The maximum atomic E-state index is 13.4. The molecule has 14 heavy (non-hydrogen) atoms. The van der Waals surface area contributed by atoms with E-state index in [1.165, 1.54) is 13.2 Å². The van der Waals surface area contributed by atoms with Crippen LogP contribution in [0.4, 0.5) is 4.39 Å². The number of aryl methyl sites for hydroxylation is 1. The standard InChI is InChI=1S/C10H12ClFO2/c1-14-8-5-7(3-2-4-13)10(12)9(11)6-8/h5-6,13H,2-4H2,1H3. The van der Waals surface area contributed by atoms with Crippen LogP contribution < -0.4 is 4.74 Å². The zero-order valence-corrected chi connectivity index (χ0v) is 8.64. The van der Waals surface area contributed by atoms with Gasteiger partial charge in [0.15, 0.2) is 0 Å². The summed E-state index contributed by atoms with van der Waals surface area (Å²) in [6, 6.07) is 3.02. The van der Waals surface area contributed by atoms with E-state index in [9.17, 15) is 4.39 Å². The maximum Gasteiger partial charge on any atom is 0.145 e. The van der Waals surface area contributed by atoms with Crippen LogP contribution in [0, 0.1) is 5.82 Å². The predicted molar refractivity (Wildman–Crippen MR) is 53.4 cm³/mol. The van der Waals surface area contributed by atoms with E-state index in [1.54, 1.807) is 6.07 Å². The summed E-state index contributed by atoms with van der Waals surface area (Å²) >= 11 is 5.66. The van der Waals surface area contributed by atoms with Gasteiger partial charge in [-0.25, -0.2) is 4.39 Å². The third-order valence-electron chi connectivity index (χ3n) is 1.92. The van der Waals surface area contributed by atoms with Crippen LogP contribution in [0.25, 0.3) is 0 Å². The van der Waals surface area contributed by atoms with E-state index in [2.05, 4.69) is 0 Å². The van der Waals surface area contributed by atoms with Crippen LogP contribution in [0.5, 0.6) is 5.75 Å². The molecule has 1 aromatic carbocycles. The fraction of sp³-hybridized carbons (Fsp3) is 0.400. The van der Waals surface area contributed by atoms with Gasteiger partial charge in [0, 0.05) is 12.7 Å². The van der Waals surface area contributed by atoms with Crippen LogP contribution in [-0.4, -0.2) is 18.8 Å². The molecule has 0 spiro atoms. The Bertz CT molecular complexity index is 315. The second-order valence-electron chi connectivity index (χ2n) is 2.91. The number of halogens is 2. The zero-order valence-electron chi connectivity index (χ0n) is 7.89. The third-order valence-corrected chi connectivity index (χ3v) is 2.19. The van der Waals surface area contributed by atoms with Gasteiger partial charge < -0.3 is 9.84 Å². The van der Waals surface area contributed by atoms with Gasteiger partial charge in [-0.05, 0) is 24.5 Å². The molecule has 0 unspecified atom stereocenters. The molecular weight excluding hydrogens is 207 g/mol. The molecule has 0 aliphatic carbocycles. The molecule has 0 bridgehead atoms. The molecule has 78 valence electrons. The van der Waals surface area contributed by atoms with Crippen LogP contribution in [0.1, 0.15) is 12.0 Å². The fourth-order valence-electron chi connectivity index (χ4n) is 1.19. The lowest BCUT2D eigenvalue weighted by Gasteiger charge is -2.07. The summed E-state index contributed by atoms with van der Waals surface area (Å²) in [7, 11) is 1.50. The molecular formula is C10H12ClFO2. The van der Waals surface area contributed by atoms with Crippen molar-refractivity contribution in [2.24, 2.45) is 0 Å². The van der Waals surface area contributed by atoms with Gasteiger partial charge in [-0.15, -0.1) is 0 Å². The molecule has 0 aliphatic heterocycles. The molecule has 0 radical (unpaired) electrons. The van der Waals surface area contributed by atoms with Crippen LogP contribution in [0.3, 0.4) is 0 Å². The lowest BCUT2D eigenvalue weighted by Crippen LogP contribution is -1.96. The Morgan fingerprint density at radius 3 is 2.79 bits per heavy atom. The van der Waals surface area contributed by atoms with E-state index in [-0.39, 0.29) is 11.6 Å². The smallest absolute Gasteiger partial charge is 0.145 e. The van der Waals surface area contributed by atoms with E-state index in [0.29, 0.717) is 24.2 Å². The van der Waals surface area contributed by atoms with Crippen molar-refractivity contribution in [2.45, 2.75) is 12.8 Å². The molecule has 2 nitrogen and oxygen atoms in total. The van der Waals surface area contributed by atoms with Crippen LogP contribution >= 0.6 is 11.6 Å². The zero-order chi connectivity index (χ0) is 10.6. The van der Waals surface area contributed by atoms with Gasteiger partial charge in [-0.3, -0.25) is 0 Å². The van der Waals surface area contributed by atoms with Crippen molar-refractivity contribution in [2.75, 3.05) is 13.7 Å². The van der Waals surface area contributed by atoms with Crippen molar-refractivity contribution in [1.29, 1.82) is 0 Å². The number of aliphatic hydroxyl groups excluding tert-OH is 1. The second-order valence-corrected chi connectivity index (χ2v) is 3.32. The largest absolute Gasteiger partial charge is 0.497 e. The van der Waals surface area contributed by atoms with E-state index in [0.717, 1.165) is 0 Å². The Hall–Kier alpha value is -0.800. The second kappa shape index (κ2) is 5.17. The highest BCUT2D eigenvalue weighted by Crippen LogP contribution is 2.25. The number of aliphatic hydroxyl groups is 1. The summed E-state index contributed by atoms with van der Waals surface area (Å²) in [5, 5.41) is 8.68. The number of methoxy groups -OCH3 is 1. The highest BCUT2D eigenvalue weighted by Gasteiger charge is 2.09. The topological polar surface area (TPSA) is 29.5 Å². The first-order valence-electron chi connectivity index (χ1n) is 4.31. The van der Waals surface area contributed by atoms with E-state index in [4.69, 9.17) is 21.4 Å².